The number of amides is 2. The van der Waals surface area contributed by atoms with Gasteiger partial charge < -0.3 is 30.5 Å². The molecule has 2 fully saturated rings. The van der Waals surface area contributed by atoms with Gasteiger partial charge in [0.15, 0.2) is 5.13 Å². The molecule has 3 heterocycles. The number of anilines is 4. The molecule has 2 aliphatic rings. The van der Waals surface area contributed by atoms with E-state index in [0.29, 0.717) is 21.8 Å². The molecule has 2 aliphatic heterocycles. The van der Waals surface area contributed by atoms with E-state index in [1.807, 2.05) is 38.1 Å². The van der Waals surface area contributed by atoms with Gasteiger partial charge in [-0.15, -0.1) is 0 Å². The Bertz CT molecular complexity index is 1380. The van der Waals surface area contributed by atoms with Crippen LogP contribution >= 0.6 is 11.3 Å². The maximum atomic E-state index is 13.3. The van der Waals surface area contributed by atoms with Gasteiger partial charge in [-0.25, -0.2) is 4.98 Å². The van der Waals surface area contributed by atoms with Crippen molar-refractivity contribution in [1.29, 1.82) is 0 Å². The second-order valence-electron chi connectivity index (χ2n) is 10.8. The minimum atomic E-state index is -0.230. The van der Waals surface area contributed by atoms with E-state index in [1.165, 1.54) is 11.3 Å². The molecule has 3 aromatic rings. The van der Waals surface area contributed by atoms with Crippen LogP contribution in [0, 0.1) is 13.8 Å². The lowest BCUT2D eigenvalue weighted by molar-refractivity contribution is 0.0398. The van der Waals surface area contributed by atoms with Crippen LogP contribution in [-0.4, -0.2) is 98.7 Å². The molecule has 0 atom stereocenters. The summed E-state index contributed by atoms with van der Waals surface area (Å²) < 4.78 is 5.39. The van der Waals surface area contributed by atoms with Crippen LogP contribution in [0.5, 0.6) is 0 Å². The van der Waals surface area contributed by atoms with Crippen molar-refractivity contribution < 1.29 is 14.3 Å². The molecule has 0 aliphatic carbocycles. The third-order valence-corrected chi connectivity index (χ3v) is 8.74. The molecule has 42 heavy (non-hydrogen) atoms. The lowest BCUT2D eigenvalue weighted by Crippen LogP contribution is -2.46. The van der Waals surface area contributed by atoms with Gasteiger partial charge in [0.1, 0.15) is 4.88 Å². The second kappa shape index (κ2) is 14.1. The Kier molecular flexibility index (Phi) is 10.1. The summed E-state index contributed by atoms with van der Waals surface area (Å²) >= 11 is 1.33. The molecule has 10 nitrogen and oxygen atoms in total. The first-order valence-electron chi connectivity index (χ1n) is 14.7. The Hall–Kier alpha value is -3.51. The molecule has 224 valence electrons. The minimum absolute atomic E-state index is 0.177. The van der Waals surface area contributed by atoms with E-state index in [9.17, 15) is 9.59 Å². The molecule has 0 radical (unpaired) electrons. The number of nitrogens with zero attached hydrogens (tertiary/aromatic N) is 4. The maximum absolute atomic E-state index is 13.3. The molecule has 0 bridgehead atoms. The summed E-state index contributed by atoms with van der Waals surface area (Å²) in [7, 11) is 0. The van der Waals surface area contributed by atoms with Gasteiger partial charge in [-0.1, -0.05) is 24.3 Å². The number of nitrogens with one attached hydrogen (secondary N) is 3. The zero-order valence-electron chi connectivity index (χ0n) is 24.7. The molecule has 2 saturated heterocycles. The first kappa shape index (κ1) is 30.0. The number of hydrogen-bond acceptors (Lipinski definition) is 9. The van der Waals surface area contributed by atoms with E-state index < -0.39 is 0 Å². The van der Waals surface area contributed by atoms with E-state index in [-0.39, 0.29) is 11.8 Å². The highest BCUT2D eigenvalue weighted by Gasteiger charge is 2.19. The Balaban J connectivity index is 1.18. The molecule has 2 aromatic carbocycles. The number of thiazole rings is 1. The van der Waals surface area contributed by atoms with Crippen molar-refractivity contribution in [2.75, 3.05) is 93.0 Å². The van der Waals surface area contributed by atoms with Crippen LogP contribution in [0.4, 0.5) is 22.2 Å². The smallest absolute Gasteiger partial charge is 0.267 e. The average molecular weight is 592 g/mol. The summed E-state index contributed by atoms with van der Waals surface area (Å²) in [4.78, 5) is 38.3. The minimum Gasteiger partial charge on any atom is -0.379 e. The number of carbonyl (C=O) groups is 2. The van der Waals surface area contributed by atoms with Crippen LogP contribution in [0.15, 0.2) is 42.6 Å². The van der Waals surface area contributed by atoms with E-state index in [2.05, 4.69) is 48.6 Å². The number of morpholine rings is 1. The van der Waals surface area contributed by atoms with E-state index >= 15 is 0 Å². The van der Waals surface area contributed by atoms with E-state index in [0.717, 1.165) is 94.1 Å². The normalized spacial score (nSPS) is 16.3. The Morgan fingerprint density at radius 3 is 2.48 bits per heavy atom. The highest BCUT2D eigenvalue weighted by atomic mass is 32.1. The zero-order valence-corrected chi connectivity index (χ0v) is 25.6. The molecule has 2 amide bonds. The van der Waals surface area contributed by atoms with Gasteiger partial charge in [-0.2, -0.15) is 0 Å². The molecule has 1 aromatic heterocycles. The van der Waals surface area contributed by atoms with Crippen LogP contribution in [0.25, 0.3) is 0 Å². The lowest BCUT2D eigenvalue weighted by Gasteiger charge is -2.35. The zero-order chi connectivity index (χ0) is 29.5. The number of piperazine rings is 1. The van der Waals surface area contributed by atoms with Gasteiger partial charge >= 0.3 is 0 Å². The molecule has 3 N–H and O–H groups in total. The highest BCUT2D eigenvalue weighted by Crippen LogP contribution is 2.25. The summed E-state index contributed by atoms with van der Waals surface area (Å²) in [5.74, 6) is -0.407. The van der Waals surface area contributed by atoms with Crippen LogP contribution in [0.2, 0.25) is 0 Å². The van der Waals surface area contributed by atoms with Gasteiger partial charge in [0, 0.05) is 75.0 Å². The van der Waals surface area contributed by atoms with Crippen LogP contribution in [0.1, 0.15) is 38.1 Å². The van der Waals surface area contributed by atoms with Crippen molar-refractivity contribution in [3.8, 4) is 0 Å². The molecular weight excluding hydrogens is 550 g/mol. The van der Waals surface area contributed by atoms with Gasteiger partial charge in [-0.05, 0) is 61.9 Å². The van der Waals surface area contributed by atoms with Crippen molar-refractivity contribution >= 4 is 45.3 Å². The fourth-order valence-corrected chi connectivity index (χ4v) is 5.96. The lowest BCUT2D eigenvalue weighted by atomic mass is 10.1. The third kappa shape index (κ3) is 7.86. The molecule has 0 saturated carbocycles. The van der Waals surface area contributed by atoms with E-state index in [4.69, 9.17) is 4.74 Å². The first-order valence-corrected chi connectivity index (χ1v) is 15.5. The van der Waals surface area contributed by atoms with Crippen LogP contribution < -0.4 is 20.9 Å². The van der Waals surface area contributed by atoms with Gasteiger partial charge in [0.05, 0.1) is 19.4 Å². The average Bonchev–Trinajstić information content (AvgIpc) is 3.48. The number of ether oxygens (including phenoxy) is 1. The largest absolute Gasteiger partial charge is 0.379 e. The number of hydrogen-bond donors (Lipinski definition) is 3. The predicted molar refractivity (Wildman–Crippen MR) is 170 cm³/mol. The van der Waals surface area contributed by atoms with Crippen molar-refractivity contribution in [1.82, 2.24) is 14.8 Å². The van der Waals surface area contributed by atoms with Crippen LogP contribution in [-0.2, 0) is 4.74 Å². The van der Waals surface area contributed by atoms with Crippen molar-refractivity contribution in [2.45, 2.75) is 20.8 Å². The van der Waals surface area contributed by atoms with Gasteiger partial charge in [0.25, 0.3) is 11.8 Å². The summed E-state index contributed by atoms with van der Waals surface area (Å²) in [6, 6.07) is 11.6. The fourth-order valence-electron chi connectivity index (χ4n) is 5.23. The summed E-state index contributed by atoms with van der Waals surface area (Å²) in [6.45, 7) is 16.2. The van der Waals surface area contributed by atoms with Gasteiger partial charge in [0.2, 0.25) is 0 Å². The summed E-state index contributed by atoms with van der Waals surface area (Å²) in [5.41, 5.74) is 4.91. The topological polar surface area (TPSA) is 102 Å². The molecule has 0 unspecified atom stereocenters. The summed E-state index contributed by atoms with van der Waals surface area (Å²) in [5, 5.41) is 10.0. The number of carbonyl (C=O) groups excluding carboxylic acids is 2. The van der Waals surface area contributed by atoms with E-state index in [1.54, 1.807) is 12.3 Å². The Morgan fingerprint density at radius 2 is 1.71 bits per heavy atom. The standard InChI is InChI=1S/C31H41N7O3S/c1-4-36-9-11-38(12-10-36)26-18-22(2)17-24(19-26)29(39)34-25-6-5-23(3)27(20-25)35-30(40)28-21-33-31(42-28)32-7-8-37-13-15-41-16-14-37/h5-6,17-21H,4,7-16H2,1-3H3,(H,32,33)(H,34,39)(H,35,40). The molecule has 0 spiro atoms. The van der Waals surface area contributed by atoms with Gasteiger partial charge in [-0.3, -0.25) is 14.5 Å². The Labute approximate surface area is 252 Å². The molecular formula is C31H41N7O3S. The number of likely N-dealkylation sites (N-methyl/N-ethyl adjacent to an activating group) is 1. The number of benzene rings is 2. The first-order chi connectivity index (χ1) is 20.4. The van der Waals surface area contributed by atoms with Crippen LogP contribution in [0.3, 0.4) is 0 Å². The SMILES string of the molecule is CCN1CCN(c2cc(C)cc(C(=O)Nc3ccc(C)c(NC(=O)c4cnc(NCCN5CCOCC5)s4)c3)c2)CC1. The predicted octanol–water partition coefficient (Wildman–Crippen LogP) is 4.15. The van der Waals surface area contributed by atoms with Crippen molar-refractivity contribution in [2.24, 2.45) is 0 Å². The fraction of sp³-hybridized carbons (Fsp3) is 0.452. The molecule has 5 rings (SSSR count). The number of rotatable bonds is 10. The van der Waals surface area contributed by atoms with Crippen molar-refractivity contribution in [3.05, 3.63) is 64.2 Å². The molecule has 11 heteroatoms. The summed E-state index contributed by atoms with van der Waals surface area (Å²) in [6.07, 6.45) is 1.59. The maximum Gasteiger partial charge on any atom is 0.267 e. The van der Waals surface area contributed by atoms with Crippen molar-refractivity contribution in [3.63, 3.8) is 0 Å². The monoisotopic (exact) mass is 591 g/mol. The quantitative estimate of drug-likeness (QED) is 0.323. The second-order valence-corrected chi connectivity index (χ2v) is 11.9. The third-order valence-electron chi connectivity index (χ3n) is 7.79. The number of aryl methyl sites for hydroxylation is 2. The highest BCUT2D eigenvalue weighted by molar-refractivity contribution is 7.17. The number of aromatic nitrogens is 1. The Morgan fingerprint density at radius 1 is 0.929 bits per heavy atom.